The second-order valence-corrected chi connectivity index (χ2v) is 7.05. The lowest BCUT2D eigenvalue weighted by Gasteiger charge is -2.18. The summed E-state index contributed by atoms with van der Waals surface area (Å²) in [6.07, 6.45) is 0. The standard InChI is InChI=1S/C13H12ClFINS/c1-2-17-13(8-5-12(16)18-7-8)10-6-9(15)3-4-11(10)14/h3-7,13,17H,2H2,1H3. The first kappa shape index (κ1) is 14.2. The molecule has 96 valence electrons. The highest BCUT2D eigenvalue weighted by Crippen LogP contribution is 2.31. The highest BCUT2D eigenvalue weighted by molar-refractivity contribution is 14.1. The van der Waals surface area contributed by atoms with Crippen molar-refractivity contribution in [3.63, 3.8) is 0 Å². The van der Waals surface area contributed by atoms with Crippen LogP contribution in [0.5, 0.6) is 0 Å². The summed E-state index contributed by atoms with van der Waals surface area (Å²) in [6.45, 7) is 2.82. The summed E-state index contributed by atoms with van der Waals surface area (Å²) in [7, 11) is 0. The summed E-state index contributed by atoms with van der Waals surface area (Å²) >= 11 is 10.1. The van der Waals surface area contributed by atoms with Crippen LogP contribution < -0.4 is 5.32 Å². The zero-order valence-corrected chi connectivity index (χ0v) is 13.4. The molecule has 0 aliphatic carbocycles. The Hall–Kier alpha value is -0.170. The van der Waals surface area contributed by atoms with E-state index in [0.29, 0.717) is 5.02 Å². The van der Waals surface area contributed by atoms with E-state index in [0.717, 1.165) is 17.7 Å². The molecule has 0 saturated carbocycles. The predicted octanol–water partition coefficient (Wildman–Crippen LogP) is 4.84. The van der Waals surface area contributed by atoms with E-state index in [4.69, 9.17) is 11.6 Å². The molecule has 1 atom stereocenters. The first-order valence-corrected chi connectivity index (χ1v) is 7.87. The van der Waals surface area contributed by atoms with E-state index in [9.17, 15) is 4.39 Å². The van der Waals surface area contributed by atoms with Crippen LogP contribution in [-0.4, -0.2) is 6.54 Å². The molecule has 0 radical (unpaired) electrons. The van der Waals surface area contributed by atoms with Gasteiger partial charge in [-0.25, -0.2) is 4.39 Å². The molecule has 1 aromatic carbocycles. The molecule has 0 aliphatic heterocycles. The van der Waals surface area contributed by atoms with Gasteiger partial charge in [-0.1, -0.05) is 18.5 Å². The summed E-state index contributed by atoms with van der Waals surface area (Å²) in [5.41, 5.74) is 1.91. The highest BCUT2D eigenvalue weighted by atomic mass is 127. The topological polar surface area (TPSA) is 12.0 Å². The van der Waals surface area contributed by atoms with Crippen LogP contribution in [0, 0.1) is 8.70 Å². The molecule has 1 heterocycles. The van der Waals surface area contributed by atoms with Crippen molar-refractivity contribution in [2.75, 3.05) is 6.54 Å². The molecule has 18 heavy (non-hydrogen) atoms. The first-order chi connectivity index (χ1) is 8.61. The average Bonchev–Trinajstić information content (AvgIpc) is 2.76. The molecule has 1 aromatic heterocycles. The van der Waals surface area contributed by atoms with Crippen molar-refractivity contribution in [2.24, 2.45) is 0 Å². The Balaban J connectivity index is 2.44. The van der Waals surface area contributed by atoms with Gasteiger partial charge in [-0.2, -0.15) is 0 Å². The molecule has 0 spiro atoms. The summed E-state index contributed by atoms with van der Waals surface area (Å²) < 4.78 is 14.6. The van der Waals surface area contributed by atoms with Gasteiger partial charge in [0.1, 0.15) is 5.82 Å². The third-order valence-corrected chi connectivity index (χ3v) is 4.75. The van der Waals surface area contributed by atoms with Crippen LogP contribution in [0.1, 0.15) is 24.1 Å². The van der Waals surface area contributed by atoms with Crippen LogP contribution in [0.4, 0.5) is 4.39 Å². The van der Waals surface area contributed by atoms with Crippen molar-refractivity contribution in [1.29, 1.82) is 0 Å². The summed E-state index contributed by atoms with van der Waals surface area (Å²) in [5.74, 6) is -0.262. The minimum atomic E-state index is -0.262. The fourth-order valence-electron chi connectivity index (χ4n) is 1.82. The Bertz CT molecular complexity index is 544. The Morgan fingerprint density at radius 3 is 2.83 bits per heavy atom. The first-order valence-electron chi connectivity index (χ1n) is 5.54. The van der Waals surface area contributed by atoms with Crippen LogP contribution in [0.2, 0.25) is 5.02 Å². The zero-order valence-electron chi connectivity index (χ0n) is 9.71. The fraction of sp³-hybridized carbons (Fsp3) is 0.231. The van der Waals surface area contributed by atoms with Gasteiger partial charge in [0.25, 0.3) is 0 Å². The minimum absolute atomic E-state index is 0.0574. The highest BCUT2D eigenvalue weighted by Gasteiger charge is 2.18. The van der Waals surface area contributed by atoms with Crippen molar-refractivity contribution in [3.05, 3.63) is 54.5 Å². The van der Waals surface area contributed by atoms with Gasteiger partial charge in [0, 0.05) is 5.02 Å². The molecular formula is C13H12ClFINS. The number of hydrogen-bond acceptors (Lipinski definition) is 2. The number of halogens is 3. The largest absolute Gasteiger partial charge is 0.306 e. The lowest BCUT2D eigenvalue weighted by Crippen LogP contribution is -2.22. The monoisotopic (exact) mass is 395 g/mol. The van der Waals surface area contributed by atoms with Crippen LogP contribution >= 0.6 is 45.5 Å². The molecular weight excluding hydrogens is 384 g/mol. The molecule has 5 heteroatoms. The summed E-state index contributed by atoms with van der Waals surface area (Å²) in [6, 6.07) is 6.53. The Labute approximate surface area is 129 Å². The molecule has 0 saturated heterocycles. The Kier molecular flexibility index (Phi) is 5.00. The van der Waals surface area contributed by atoms with Crippen molar-refractivity contribution in [2.45, 2.75) is 13.0 Å². The fourth-order valence-corrected chi connectivity index (χ4v) is 3.45. The maximum absolute atomic E-state index is 13.4. The summed E-state index contributed by atoms with van der Waals surface area (Å²) in [4.78, 5) is 0. The number of nitrogens with one attached hydrogen (secondary N) is 1. The molecule has 0 fully saturated rings. The van der Waals surface area contributed by atoms with Crippen LogP contribution in [0.3, 0.4) is 0 Å². The lowest BCUT2D eigenvalue weighted by atomic mass is 10.0. The van der Waals surface area contributed by atoms with Gasteiger partial charge < -0.3 is 5.32 Å². The number of rotatable bonds is 4. The molecule has 1 unspecified atom stereocenters. The van der Waals surface area contributed by atoms with E-state index in [1.807, 2.05) is 6.92 Å². The van der Waals surface area contributed by atoms with Gasteiger partial charge in [0.2, 0.25) is 0 Å². The second kappa shape index (κ2) is 6.32. The number of thiophene rings is 1. The maximum atomic E-state index is 13.4. The van der Waals surface area contributed by atoms with Crippen molar-refractivity contribution in [3.8, 4) is 0 Å². The van der Waals surface area contributed by atoms with Crippen molar-refractivity contribution >= 4 is 45.5 Å². The van der Waals surface area contributed by atoms with Gasteiger partial charge >= 0.3 is 0 Å². The molecule has 0 amide bonds. The van der Waals surface area contributed by atoms with Crippen molar-refractivity contribution in [1.82, 2.24) is 5.32 Å². The molecule has 1 N–H and O–H groups in total. The Morgan fingerprint density at radius 1 is 1.44 bits per heavy atom. The molecule has 0 aliphatic rings. The van der Waals surface area contributed by atoms with E-state index in [2.05, 4.69) is 39.4 Å². The predicted molar refractivity (Wildman–Crippen MR) is 84.0 cm³/mol. The van der Waals surface area contributed by atoms with Crippen LogP contribution in [0.25, 0.3) is 0 Å². The SMILES string of the molecule is CCNC(c1csc(I)c1)c1cc(F)ccc1Cl. The number of hydrogen-bond donors (Lipinski definition) is 1. The average molecular weight is 396 g/mol. The maximum Gasteiger partial charge on any atom is 0.123 e. The van der Waals surface area contributed by atoms with E-state index >= 15 is 0 Å². The third-order valence-electron chi connectivity index (χ3n) is 2.60. The number of benzene rings is 1. The van der Waals surface area contributed by atoms with E-state index in [1.54, 1.807) is 17.4 Å². The van der Waals surface area contributed by atoms with E-state index < -0.39 is 0 Å². The van der Waals surface area contributed by atoms with Gasteiger partial charge in [-0.3, -0.25) is 0 Å². The summed E-state index contributed by atoms with van der Waals surface area (Å²) in [5, 5.41) is 6.02. The van der Waals surface area contributed by atoms with Gasteiger partial charge in [-0.15, -0.1) is 11.3 Å². The Morgan fingerprint density at radius 2 is 2.22 bits per heavy atom. The molecule has 0 bridgehead atoms. The second-order valence-electron chi connectivity index (χ2n) is 3.84. The normalized spacial score (nSPS) is 12.7. The van der Waals surface area contributed by atoms with E-state index in [-0.39, 0.29) is 11.9 Å². The van der Waals surface area contributed by atoms with Gasteiger partial charge in [0.05, 0.1) is 8.93 Å². The van der Waals surface area contributed by atoms with Crippen molar-refractivity contribution < 1.29 is 4.39 Å². The molecule has 2 aromatic rings. The van der Waals surface area contributed by atoms with Crippen LogP contribution in [-0.2, 0) is 0 Å². The molecule has 2 rings (SSSR count). The van der Waals surface area contributed by atoms with Gasteiger partial charge in [-0.05, 0) is 69.9 Å². The van der Waals surface area contributed by atoms with Gasteiger partial charge in [0.15, 0.2) is 0 Å². The minimum Gasteiger partial charge on any atom is -0.306 e. The smallest absolute Gasteiger partial charge is 0.123 e. The quantitative estimate of drug-likeness (QED) is 0.730. The lowest BCUT2D eigenvalue weighted by molar-refractivity contribution is 0.604. The van der Waals surface area contributed by atoms with Crippen LogP contribution in [0.15, 0.2) is 29.6 Å². The third kappa shape index (κ3) is 3.23. The van der Waals surface area contributed by atoms with E-state index in [1.165, 1.54) is 15.0 Å². The zero-order chi connectivity index (χ0) is 13.1. The molecule has 1 nitrogen and oxygen atoms in total.